The molecule has 0 aliphatic rings. The van der Waals surface area contributed by atoms with Crippen molar-refractivity contribution in [3.63, 3.8) is 0 Å². The van der Waals surface area contributed by atoms with Crippen LogP contribution in [0.4, 0.5) is 0 Å². The molecule has 3 rings (SSSR count). The number of ether oxygens (including phenoxy) is 1. The molecule has 33 heavy (non-hydrogen) atoms. The first-order valence-corrected chi connectivity index (χ1v) is 11.3. The number of amides is 1. The Hall–Kier alpha value is -3.10. The molecular weight excluding hydrogens is 466 g/mol. The predicted molar refractivity (Wildman–Crippen MR) is 127 cm³/mol. The number of hydrogen-bond acceptors (Lipinski definition) is 7. The topological polar surface area (TPSA) is 105 Å². The van der Waals surface area contributed by atoms with Crippen LogP contribution in [0, 0.1) is 19.3 Å². The molecule has 2 aromatic carbocycles. The molecule has 1 aromatic heterocycles. The highest BCUT2D eigenvalue weighted by Gasteiger charge is 2.28. The minimum absolute atomic E-state index is 0.00418. The minimum Gasteiger partial charge on any atom is -0.489 e. The molecule has 1 amide bonds. The summed E-state index contributed by atoms with van der Waals surface area (Å²) in [5.41, 5.74) is 7.16. The Morgan fingerprint density at radius 2 is 1.70 bits per heavy atom. The largest absolute Gasteiger partial charge is 0.489 e. The van der Waals surface area contributed by atoms with Crippen LogP contribution in [0.2, 0.25) is 5.02 Å². The molecule has 9 heteroatoms. The Morgan fingerprint density at radius 3 is 2.27 bits per heavy atom. The molecule has 2 N–H and O–H groups in total. The third-order valence-corrected chi connectivity index (χ3v) is 6.67. The van der Waals surface area contributed by atoms with Crippen LogP contribution in [0.1, 0.15) is 57.5 Å². The van der Waals surface area contributed by atoms with Crippen molar-refractivity contribution in [1.29, 1.82) is 0 Å². The van der Waals surface area contributed by atoms with E-state index in [-0.39, 0.29) is 11.5 Å². The number of fused-ring (bicyclic) bond motifs is 1. The molecule has 0 bridgehead atoms. The van der Waals surface area contributed by atoms with E-state index in [1.165, 1.54) is 11.3 Å². The summed E-state index contributed by atoms with van der Waals surface area (Å²) in [6.45, 7) is 8.77. The zero-order chi connectivity index (χ0) is 24.5. The lowest BCUT2D eigenvalue weighted by Gasteiger charge is -2.14. The van der Waals surface area contributed by atoms with Crippen LogP contribution in [0.15, 0.2) is 30.3 Å². The van der Waals surface area contributed by atoms with E-state index in [0.717, 1.165) is 15.8 Å². The second-order valence-electron chi connectivity index (χ2n) is 8.58. The number of aryl methyl sites for hydroxylation is 1. The zero-order valence-corrected chi connectivity index (χ0v) is 20.5. The molecule has 3 aromatic rings. The number of hydrogen-bond donors (Lipinski definition) is 1. The highest BCUT2D eigenvalue weighted by molar-refractivity contribution is 7.21. The van der Waals surface area contributed by atoms with Gasteiger partial charge in [-0.2, -0.15) is 0 Å². The average molecular weight is 490 g/mol. The molecule has 1 heterocycles. The van der Waals surface area contributed by atoms with Crippen molar-refractivity contribution in [2.24, 2.45) is 11.1 Å². The number of rotatable bonds is 5. The van der Waals surface area contributed by atoms with Crippen LogP contribution in [0.3, 0.4) is 0 Å². The third-order valence-electron chi connectivity index (χ3n) is 5.03. The highest BCUT2D eigenvalue weighted by Crippen LogP contribution is 2.40. The van der Waals surface area contributed by atoms with E-state index in [1.54, 1.807) is 45.0 Å². The predicted octanol–water partition coefficient (Wildman–Crippen LogP) is 5.51. The smallest absolute Gasteiger partial charge is 0.396 e. The maximum Gasteiger partial charge on any atom is 0.396 e. The van der Waals surface area contributed by atoms with Crippen molar-refractivity contribution in [3.8, 4) is 5.75 Å². The van der Waals surface area contributed by atoms with Gasteiger partial charge in [0, 0.05) is 21.2 Å². The van der Waals surface area contributed by atoms with Gasteiger partial charge in [0.05, 0.1) is 10.4 Å². The molecule has 0 fully saturated rings. The Kier molecular flexibility index (Phi) is 7.00. The molecule has 174 valence electrons. The molecule has 7 nitrogen and oxygen atoms in total. The summed E-state index contributed by atoms with van der Waals surface area (Å²) >= 11 is 7.82. The summed E-state index contributed by atoms with van der Waals surface area (Å²) < 4.78 is 6.65. The SMILES string of the molecule is Cc1cc2sc(C(=O)OOC(=O)C(C)(C)C)c(COc3ccc(C(N)=O)cc3)c2c(Cl)c1C. The fraction of sp³-hybridized carbons (Fsp3) is 0.292. The molecule has 0 atom stereocenters. The van der Waals surface area contributed by atoms with Gasteiger partial charge in [0.1, 0.15) is 17.2 Å². The van der Waals surface area contributed by atoms with E-state index in [0.29, 0.717) is 27.3 Å². The summed E-state index contributed by atoms with van der Waals surface area (Å²) in [7, 11) is 0. The van der Waals surface area contributed by atoms with E-state index >= 15 is 0 Å². The van der Waals surface area contributed by atoms with Gasteiger partial charge >= 0.3 is 11.9 Å². The van der Waals surface area contributed by atoms with Gasteiger partial charge in [-0.3, -0.25) is 4.79 Å². The molecule has 0 radical (unpaired) electrons. The Morgan fingerprint density at radius 1 is 1.06 bits per heavy atom. The summed E-state index contributed by atoms with van der Waals surface area (Å²) in [6.07, 6.45) is 0. The third kappa shape index (κ3) is 5.29. The second-order valence-corrected chi connectivity index (χ2v) is 10.0. The molecule has 0 saturated carbocycles. The van der Waals surface area contributed by atoms with E-state index in [4.69, 9.17) is 31.8 Å². The van der Waals surface area contributed by atoms with Crippen LogP contribution in [-0.2, 0) is 21.2 Å². The summed E-state index contributed by atoms with van der Waals surface area (Å²) in [5.74, 6) is -1.56. The number of nitrogens with two attached hydrogens (primary N) is 1. The fourth-order valence-corrected chi connectivity index (χ4v) is 4.51. The number of halogens is 1. The standard InChI is InChI=1S/C24H24ClNO6S/c1-12-10-17-18(19(25)13(12)2)16(11-30-15-8-6-14(7-9-15)21(26)27)20(33-17)22(28)31-32-23(29)24(3,4)5/h6-10H,11H2,1-5H3,(H2,26,27). The van der Waals surface area contributed by atoms with Gasteiger partial charge in [0.25, 0.3) is 0 Å². The summed E-state index contributed by atoms with van der Waals surface area (Å²) in [5, 5.41) is 1.18. The molecule has 0 saturated heterocycles. The van der Waals surface area contributed by atoms with Crippen molar-refractivity contribution >= 4 is 50.9 Å². The van der Waals surface area contributed by atoms with Gasteiger partial charge in [0.2, 0.25) is 5.91 Å². The van der Waals surface area contributed by atoms with Crippen LogP contribution in [-0.4, -0.2) is 17.8 Å². The minimum atomic E-state index is -0.832. The Balaban J connectivity index is 1.96. The van der Waals surface area contributed by atoms with Gasteiger partial charge < -0.3 is 10.5 Å². The van der Waals surface area contributed by atoms with Crippen LogP contribution in [0.25, 0.3) is 10.1 Å². The van der Waals surface area contributed by atoms with Crippen molar-refractivity contribution in [3.05, 3.63) is 62.5 Å². The second kappa shape index (κ2) is 9.41. The molecule has 0 aliphatic heterocycles. The van der Waals surface area contributed by atoms with Crippen LogP contribution < -0.4 is 10.5 Å². The van der Waals surface area contributed by atoms with E-state index in [2.05, 4.69) is 0 Å². The monoisotopic (exact) mass is 489 g/mol. The van der Waals surface area contributed by atoms with E-state index in [1.807, 2.05) is 19.9 Å². The number of carbonyl (C=O) groups is 3. The van der Waals surface area contributed by atoms with Gasteiger partial charge in [0.15, 0.2) is 0 Å². The van der Waals surface area contributed by atoms with Crippen molar-refractivity contribution < 1.29 is 28.9 Å². The van der Waals surface area contributed by atoms with Crippen molar-refractivity contribution in [2.75, 3.05) is 0 Å². The summed E-state index contributed by atoms with van der Waals surface area (Å²) in [4.78, 5) is 45.9. The maximum absolute atomic E-state index is 12.8. The normalized spacial score (nSPS) is 11.3. The molecule has 0 aliphatic carbocycles. The van der Waals surface area contributed by atoms with Crippen LogP contribution >= 0.6 is 22.9 Å². The summed E-state index contributed by atoms with van der Waals surface area (Å²) in [6, 6.07) is 8.24. The quantitative estimate of drug-likeness (QED) is 0.374. The highest BCUT2D eigenvalue weighted by atomic mass is 35.5. The molecular formula is C24H24ClNO6S. The van der Waals surface area contributed by atoms with Gasteiger partial charge in [-0.1, -0.05) is 11.6 Å². The molecule has 0 spiro atoms. The first-order valence-electron chi connectivity index (χ1n) is 10.1. The van der Waals surface area contributed by atoms with Crippen LogP contribution in [0.5, 0.6) is 5.75 Å². The zero-order valence-electron chi connectivity index (χ0n) is 18.9. The average Bonchev–Trinajstić information content (AvgIpc) is 3.12. The van der Waals surface area contributed by atoms with Gasteiger partial charge in [-0.05, 0) is 76.1 Å². The number of carbonyl (C=O) groups excluding carboxylic acids is 3. The van der Waals surface area contributed by atoms with Gasteiger partial charge in [-0.15, -0.1) is 11.3 Å². The maximum atomic E-state index is 12.8. The van der Waals surface area contributed by atoms with Gasteiger partial charge in [-0.25, -0.2) is 19.4 Å². The lowest BCUT2D eigenvalue weighted by molar-refractivity contribution is -0.242. The Bertz CT molecular complexity index is 1240. The van der Waals surface area contributed by atoms with E-state index < -0.39 is 23.3 Å². The molecule has 0 unspecified atom stereocenters. The van der Waals surface area contributed by atoms with Crippen molar-refractivity contribution in [2.45, 2.75) is 41.2 Å². The van der Waals surface area contributed by atoms with E-state index in [9.17, 15) is 14.4 Å². The number of thiophene rings is 1. The Labute approximate surface area is 200 Å². The number of primary amides is 1. The van der Waals surface area contributed by atoms with Crippen molar-refractivity contribution in [1.82, 2.24) is 0 Å². The first-order chi connectivity index (χ1) is 15.4. The lowest BCUT2D eigenvalue weighted by Crippen LogP contribution is -2.24. The fourth-order valence-electron chi connectivity index (χ4n) is 2.90. The number of benzene rings is 2. The lowest BCUT2D eigenvalue weighted by atomic mass is 9.98. The first kappa shape index (κ1) is 24.5.